The third kappa shape index (κ3) is 4.82. The summed E-state index contributed by atoms with van der Waals surface area (Å²) in [6, 6.07) is 9.65. The maximum absolute atomic E-state index is 12.7. The van der Waals surface area contributed by atoms with E-state index in [1.165, 1.54) is 11.7 Å². The second-order valence-corrected chi connectivity index (χ2v) is 6.52. The van der Waals surface area contributed by atoms with Crippen LogP contribution in [0.2, 0.25) is 0 Å². The number of nitriles is 1. The number of aromatic nitrogens is 1. The van der Waals surface area contributed by atoms with Crippen molar-refractivity contribution in [3.8, 4) is 11.9 Å². The highest BCUT2D eigenvalue weighted by Crippen LogP contribution is 2.33. The van der Waals surface area contributed by atoms with Gasteiger partial charge in [0, 0.05) is 12.1 Å². The highest BCUT2D eigenvalue weighted by molar-refractivity contribution is 5.59. The van der Waals surface area contributed by atoms with Crippen molar-refractivity contribution in [1.29, 1.82) is 5.26 Å². The second-order valence-electron chi connectivity index (χ2n) is 6.52. The van der Waals surface area contributed by atoms with Crippen LogP contribution in [0.5, 0.6) is 5.88 Å². The molecule has 0 aliphatic carbocycles. The van der Waals surface area contributed by atoms with Crippen LogP contribution in [0.4, 0.5) is 11.4 Å². The molecule has 0 saturated carbocycles. The lowest BCUT2D eigenvalue weighted by atomic mass is 10.1. The molecular weight excluding hydrogens is 340 g/mol. The van der Waals surface area contributed by atoms with Gasteiger partial charge in [0.25, 0.3) is 5.56 Å². The van der Waals surface area contributed by atoms with Gasteiger partial charge in [-0.3, -0.25) is 9.36 Å². The van der Waals surface area contributed by atoms with Crippen molar-refractivity contribution in [2.45, 2.75) is 53.0 Å². The summed E-state index contributed by atoms with van der Waals surface area (Å²) in [5, 5.41) is 18.0. The van der Waals surface area contributed by atoms with Crippen LogP contribution in [0.25, 0.3) is 0 Å². The Hall–Kier alpha value is -2.94. The van der Waals surface area contributed by atoms with E-state index in [1.807, 2.05) is 37.3 Å². The predicted molar refractivity (Wildman–Crippen MR) is 106 cm³/mol. The highest BCUT2D eigenvalue weighted by Gasteiger charge is 2.20. The number of ether oxygens (including phenoxy) is 1. The van der Waals surface area contributed by atoms with Crippen molar-refractivity contribution >= 4 is 11.4 Å². The van der Waals surface area contributed by atoms with Crippen molar-refractivity contribution < 1.29 is 4.74 Å². The summed E-state index contributed by atoms with van der Waals surface area (Å²) in [5.74, 6) is 0.351. The lowest BCUT2D eigenvalue weighted by molar-refractivity contribution is 0.361. The van der Waals surface area contributed by atoms with Gasteiger partial charge in [-0.2, -0.15) is 10.4 Å². The molecule has 6 nitrogen and oxygen atoms in total. The maximum atomic E-state index is 12.7. The molecule has 1 aromatic carbocycles. The Morgan fingerprint density at radius 1 is 1.11 bits per heavy atom. The molecule has 0 radical (unpaired) electrons. The van der Waals surface area contributed by atoms with Crippen LogP contribution in [0.3, 0.4) is 0 Å². The van der Waals surface area contributed by atoms with Crippen molar-refractivity contribution in [3.05, 3.63) is 51.3 Å². The molecule has 27 heavy (non-hydrogen) atoms. The molecule has 1 aromatic heterocycles. The first kappa shape index (κ1) is 20.4. The molecule has 0 N–H and O–H groups in total. The smallest absolute Gasteiger partial charge is 0.271 e. The third-order valence-electron chi connectivity index (χ3n) is 4.48. The fraction of sp³-hybridized carbons (Fsp3) is 0.429. The Balaban J connectivity index is 2.49. The first-order valence-corrected chi connectivity index (χ1v) is 9.23. The fourth-order valence-corrected chi connectivity index (χ4v) is 2.87. The lowest BCUT2D eigenvalue weighted by Crippen LogP contribution is -2.25. The zero-order valence-corrected chi connectivity index (χ0v) is 16.5. The van der Waals surface area contributed by atoms with Crippen LogP contribution in [0.1, 0.15) is 49.3 Å². The molecule has 142 valence electrons. The number of hydrogen-bond acceptors (Lipinski definition) is 5. The average Bonchev–Trinajstić information content (AvgIpc) is 2.67. The van der Waals surface area contributed by atoms with Gasteiger partial charge in [0.05, 0.1) is 12.8 Å². The number of aryl methyl sites for hydroxylation is 1. The van der Waals surface area contributed by atoms with Crippen molar-refractivity contribution in [2.75, 3.05) is 7.11 Å². The molecular formula is C21H26N4O2. The van der Waals surface area contributed by atoms with Gasteiger partial charge in [0.1, 0.15) is 11.6 Å². The van der Waals surface area contributed by atoms with Gasteiger partial charge in [-0.15, -0.1) is 5.11 Å². The van der Waals surface area contributed by atoms with E-state index in [-0.39, 0.29) is 11.1 Å². The lowest BCUT2D eigenvalue weighted by Gasteiger charge is -2.16. The second kappa shape index (κ2) is 9.67. The van der Waals surface area contributed by atoms with Crippen LogP contribution >= 0.6 is 0 Å². The summed E-state index contributed by atoms with van der Waals surface area (Å²) >= 11 is 0. The van der Waals surface area contributed by atoms with Crippen LogP contribution in [-0.2, 0) is 6.54 Å². The van der Waals surface area contributed by atoms with Gasteiger partial charge in [-0.1, -0.05) is 43.9 Å². The Labute approximate surface area is 160 Å². The van der Waals surface area contributed by atoms with Crippen molar-refractivity contribution in [1.82, 2.24) is 4.57 Å². The normalized spacial score (nSPS) is 10.9. The Morgan fingerprint density at radius 3 is 2.41 bits per heavy atom. The van der Waals surface area contributed by atoms with Crippen molar-refractivity contribution in [3.63, 3.8) is 0 Å². The van der Waals surface area contributed by atoms with E-state index in [0.29, 0.717) is 29.4 Å². The molecule has 0 saturated heterocycles. The summed E-state index contributed by atoms with van der Waals surface area (Å²) < 4.78 is 7.01. The number of azo groups is 1. The van der Waals surface area contributed by atoms with Gasteiger partial charge in [0.15, 0.2) is 5.69 Å². The minimum Gasteiger partial charge on any atom is -0.481 e. The van der Waals surface area contributed by atoms with Crippen LogP contribution in [-0.4, -0.2) is 11.7 Å². The third-order valence-corrected chi connectivity index (χ3v) is 4.48. The molecule has 0 aliphatic heterocycles. The minimum absolute atomic E-state index is 0.0872. The SMILES string of the molecule is CCCCCCn1c(OC)c(N=Nc2ccc(C)cc2)c(C)c(C#N)c1=O. The number of benzene rings is 1. The van der Waals surface area contributed by atoms with Gasteiger partial charge in [-0.05, 0) is 32.4 Å². The highest BCUT2D eigenvalue weighted by atomic mass is 16.5. The summed E-state index contributed by atoms with van der Waals surface area (Å²) in [4.78, 5) is 12.7. The van der Waals surface area contributed by atoms with E-state index in [1.54, 1.807) is 6.92 Å². The predicted octanol–water partition coefficient (Wildman–Crippen LogP) is 5.34. The number of methoxy groups -OCH3 is 1. The average molecular weight is 366 g/mol. The zero-order chi connectivity index (χ0) is 19.8. The quantitative estimate of drug-likeness (QED) is 0.467. The number of rotatable bonds is 8. The summed E-state index contributed by atoms with van der Waals surface area (Å²) in [6.45, 7) is 6.33. The summed E-state index contributed by atoms with van der Waals surface area (Å²) in [6.07, 6.45) is 4.07. The first-order valence-electron chi connectivity index (χ1n) is 9.23. The molecule has 0 amide bonds. The Bertz CT molecular complexity index is 906. The number of nitrogens with zero attached hydrogens (tertiary/aromatic N) is 4. The Morgan fingerprint density at radius 2 is 1.81 bits per heavy atom. The largest absolute Gasteiger partial charge is 0.481 e. The van der Waals surface area contributed by atoms with Gasteiger partial charge < -0.3 is 4.74 Å². The van der Waals surface area contributed by atoms with Gasteiger partial charge in [0.2, 0.25) is 5.88 Å². The standard InChI is InChI=1S/C21H26N4O2/c1-5-6-7-8-13-25-20(26)18(14-22)16(3)19(21(25)27-4)24-23-17-11-9-15(2)10-12-17/h9-12H,5-8,13H2,1-4H3. The topological polar surface area (TPSA) is 79.7 Å². The Kier molecular flexibility index (Phi) is 7.30. The van der Waals surface area contributed by atoms with E-state index in [4.69, 9.17) is 4.74 Å². The van der Waals surface area contributed by atoms with E-state index < -0.39 is 0 Å². The number of hydrogen-bond donors (Lipinski definition) is 0. The molecule has 0 aliphatic rings. The molecule has 6 heteroatoms. The zero-order valence-electron chi connectivity index (χ0n) is 16.5. The van der Waals surface area contributed by atoms with Crippen molar-refractivity contribution in [2.24, 2.45) is 10.2 Å². The summed E-state index contributed by atoms with van der Waals surface area (Å²) in [5.41, 5.74) is 2.49. The van der Waals surface area contributed by atoms with E-state index in [9.17, 15) is 10.1 Å². The van der Waals surface area contributed by atoms with E-state index in [2.05, 4.69) is 17.2 Å². The van der Waals surface area contributed by atoms with Crippen LogP contribution in [0.15, 0.2) is 39.3 Å². The van der Waals surface area contributed by atoms with Gasteiger partial charge >= 0.3 is 0 Å². The number of unbranched alkanes of at least 4 members (excludes halogenated alkanes) is 3. The monoisotopic (exact) mass is 366 g/mol. The molecule has 0 unspecified atom stereocenters. The minimum atomic E-state index is -0.336. The van der Waals surface area contributed by atoms with Gasteiger partial charge in [-0.25, -0.2) is 0 Å². The molecule has 0 atom stereocenters. The van der Waals surface area contributed by atoms with E-state index in [0.717, 1.165) is 31.2 Å². The molecule has 2 rings (SSSR count). The molecule has 0 spiro atoms. The summed E-state index contributed by atoms with van der Waals surface area (Å²) in [7, 11) is 1.51. The van der Waals surface area contributed by atoms with Crippen LogP contribution in [0, 0.1) is 25.2 Å². The fourth-order valence-electron chi connectivity index (χ4n) is 2.87. The van der Waals surface area contributed by atoms with Crippen LogP contribution < -0.4 is 10.3 Å². The number of pyridine rings is 1. The molecule has 0 bridgehead atoms. The van der Waals surface area contributed by atoms with E-state index >= 15 is 0 Å². The molecule has 1 heterocycles. The first-order chi connectivity index (χ1) is 13.0. The molecule has 0 fully saturated rings. The maximum Gasteiger partial charge on any atom is 0.271 e. The molecule has 2 aromatic rings.